The molecule has 0 aromatic heterocycles. The zero-order chi connectivity index (χ0) is 20.3. The van der Waals surface area contributed by atoms with Gasteiger partial charge in [-0.05, 0) is 62.6 Å². The first-order chi connectivity index (χ1) is 13.3. The third kappa shape index (κ3) is 4.73. The van der Waals surface area contributed by atoms with Crippen molar-refractivity contribution in [3.8, 4) is 0 Å². The Kier molecular flexibility index (Phi) is 6.39. The number of nitrogens with zero attached hydrogens (tertiary/aromatic N) is 2. The molecule has 1 aliphatic heterocycles. The van der Waals surface area contributed by atoms with Crippen LogP contribution in [0.25, 0.3) is 0 Å². The first kappa shape index (κ1) is 20.4. The summed E-state index contributed by atoms with van der Waals surface area (Å²) in [6.45, 7) is 5.85. The maximum atomic E-state index is 13.1. The molecule has 0 saturated carbocycles. The van der Waals surface area contributed by atoms with Gasteiger partial charge in [0.2, 0.25) is 5.91 Å². The second-order valence-electron chi connectivity index (χ2n) is 7.38. The minimum absolute atomic E-state index is 0.00171. The van der Waals surface area contributed by atoms with Gasteiger partial charge < -0.3 is 15.1 Å². The fraction of sp³-hybridized carbons (Fsp3) is 0.364. The van der Waals surface area contributed by atoms with Crippen LogP contribution in [0.4, 0.5) is 11.4 Å². The summed E-state index contributed by atoms with van der Waals surface area (Å²) in [6, 6.07) is 11.7. The zero-order valence-corrected chi connectivity index (χ0v) is 18.2. The number of amides is 2. The van der Waals surface area contributed by atoms with E-state index in [0.717, 1.165) is 52.9 Å². The van der Waals surface area contributed by atoms with Crippen LogP contribution in [0.1, 0.15) is 34.3 Å². The molecule has 1 aliphatic rings. The Balaban J connectivity index is 1.72. The molecule has 1 N–H and O–H groups in total. The van der Waals surface area contributed by atoms with Crippen molar-refractivity contribution in [1.29, 1.82) is 0 Å². The Morgan fingerprint density at radius 2 is 1.82 bits per heavy atom. The van der Waals surface area contributed by atoms with E-state index in [1.54, 1.807) is 7.05 Å². The van der Waals surface area contributed by atoms with Gasteiger partial charge in [0.25, 0.3) is 5.91 Å². The van der Waals surface area contributed by atoms with Gasteiger partial charge in [-0.2, -0.15) is 0 Å². The summed E-state index contributed by atoms with van der Waals surface area (Å²) < 4.78 is 0.962. The van der Waals surface area contributed by atoms with Gasteiger partial charge in [-0.1, -0.05) is 27.6 Å². The molecule has 0 spiro atoms. The second kappa shape index (κ2) is 8.78. The average molecular weight is 444 g/mol. The SMILES string of the molecule is Cc1ccc(N2CCCC2)c(C(=O)N(C)CC(=O)Nc2ccc(Br)cc2C)c1. The van der Waals surface area contributed by atoms with Crippen LogP contribution in [0.2, 0.25) is 0 Å². The number of anilines is 2. The normalized spacial score (nSPS) is 13.5. The molecule has 0 atom stereocenters. The lowest BCUT2D eigenvalue weighted by Crippen LogP contribution is -2.36. The first-order valence-corrected chi connectivity index (χ1v) is 10.3. The Bertz CT molecular complexity index is 891. The quantitative estimate of drug-likeness (QED) is 0.745. The molecule has 5 nitrogen and oxygen atoms in total. The van der Waals surface area contributed by atoms with Gasteiger partial charge >= 0.3 is 0 Å². The lowest BCUT2D eigenvalue weighted by Gasteiger charge is -2.24. The van der Waals surface area contributed by atoms with Gasteiger partial charge in [0.05, 0.1) is 12.1 Å². The third-order valence-electron chi connectivity index (χ3n) is 5.02. The smallest absolute Gasteiger partial charge is 0.256 e. The van der Waals surface area contributed by atoms with E-state index in [0.29, 0.717) is 5.56 Å². The molecule has 0 unspecified atom stereocenters. The van der Waals surface area contributed by atoms with Crippen molar-refractivity contribution in [2.24, 2.45) is 0 Å². The van der Waals surface area contributed by atoms with E-state index in [1.165, 1.54) is 4.90 Å². The number of carbonyl (C=O) groups is 2. The molecule has 2 aromatic carbocycles. The standard InChI is InChI=1S/C22H26BrN3O2/c1-15-6-9-20(26-10-4-5-11-26)18(12-15)22(28)25(3)14-21(27)24-19-8-7-17(23)13-16(19)2/h6-9,12-13H,4-5,10-11,14H2,1-3H3,(H,24,27). The topological polar surface area (TPSA) is 52.7 Å². The van der Waals surface area contributed by atoms with Gasteiger partial charge in [-0.3, -0.25) is 9.59 Å². The summed E-state index contributed by atoms with van der Waals surface area (Å²) in [7, 11) is 1.67. The predicted octanol–water partition coefficient (Wildman–Crippen LogP) is 4.38. The molecule has 0 radical (unpaired) electrons. The van der Waals surface area contributed by atoms with Crippen molar-refractivity contribution in [3.63, 3.8) is 0 Å². The molecular weight excluding hydrogens is 418 g/mol. The molecule has 28 heavy (non-hydrogen) atoms. The highest BCUT2D eigenvalue weighted by atomic mass is 79.9. The highest BCUT2D eigenvalue weighted by Crippen LogP contribution is 2.27. The molecule has 1 fully saturated rings. The van der Waals surface area contributed by atoms with Crippen LogP contribution in [-0.2, 0) is 4.79 Å². The first-order valence-electron chi connectivity index (χ1n) is 9.52. The van der Waals surface area contributed by atoms with Gasteiger partial charge in [0.1, 0.15) is 0 Å². The van der Waals surface area contributed by atoms with Gasteiger partial charge in [-0.25, -0.2) is 0 Å². The Morgan fingerprint density at radius 3 is 2.50 bits per heavy atom. The van der Waals surface area contributed by atoms with Crippen LogP contribution in [0.15, 0.2) is 40.9 Å². The molecule has 2 amide bonds. The minimum Gasteiger partial charge on any atom is -0.371 e. The molecule has 1 heterocycles. The van der Waals surface area contributed by atoms with Gasteiger partial charge in [-0.15, -0.1) is 0 Å². The van der Waals surface area contributed by atoms with Crippen LogP contribution >= 0.6 is 15.9 Å². The number of halogens is 1. The van der Waals surface area contributed by atoms with Gasteiger partial charge in [0.15, 0.2) is 0 Å². The van der Waals surface area contributed by atoms with E-state index in [1.807, 2.05) is 50.2 Å². The number of hydrogen-bond acceptors (Lipinski definition) is 3. The molecule has 0 aliphatic carbocycles. The molecule has 0 bridgehead atoms. The van der Waals surface area contributed by atoms with Crippen LogP contribution in [0.5, 0.6) is 0 Å². The van der Waals surface area contributed by atoms with E-state index < -0.39 is 0 Å². The number of aryl methyl sites for hydroxylation is 2. The summed E-state index contributed by atoms with van der Waals surface area (Å²) in [5.41, 5.74) is 4.38. The number of rotatable bonds is 5. The predicted molar refractivity (Wildman–Crippen MR) is 117 cm³/mol. The van der Waals surface area contributed by atoms with E-state index in [-0.39, 0.29) is 18.4 Å². The van der Waals surface area contributed by atoms with Crippen LogP contribution < -0.4 is 10.2 Å². The van der Waals surface area contributed by atoms with Crippen LogP contribution in [-0.4, -0.2) is 43.4 Å². The minimum atomic E-state index is -0.211. The lowest BCUT2D eigenvalue weighted by atomic mass is 10.1. The summed E-state index contributed by atoms with van der Waals surface area (Å²) in [4.78, 5) is 29.3. The maximum Gasteiger partial charge on any atom is 0.256 e. The van der Waals surface area contributed by atoms with Crippen molar-refractivity contribution in [2.75, 3.05) is 36.9 Å². The third-order valence-corrected chi connectivity index (χ3v) is 5.51. The van der Waals surface area contributed by atoms with Gasteiger partial charge in [0, 0.05) is 36.0 Å². The van der Waals surface area contributed by atoms with Crippen molar-refractivity contribution >= 4 is 39.1 Å². The van der Waals surface area contributed by atoms with Crippen molar-refractivity contribution < 1.29 is 9.59 Å². The molecule has 6 heteroatoms. The second-order valence-corrected chi connectivity index (χ2v) is 8.30. The van der Waals surface area contributed by atoms with E-state index in [2.05, 4.69) is 26.1 Å². The fourth-order valence-corrected chi connectivity index (χ4v) is 3.98. The maximum absolute atomic E-state index is 13.1. The highest BCUT2D eigenvalue weighted by molar-refractivity contribution is 9.10. The molecule has 1 saturated heterocycles. The lowest BCUT2D eigenvalue weighted by molar-refractivity contribution is -0.116. The number of carbonyl (C=O) groups excluding carboxylic acids is 2. The molecule has 3 rings (SSSR count). The Hall–Kier alpha value is -2.34. The average Bonchev–Trinajstić information content (AvgIpc) is 3.17. The van der Waals surface area contributed by atoms with E-state index >= 15 is 0 Å². The molecule has 2 aromatic rings. The van der Waals surface area contributed by atoms with Crippen LogP contribution in [0, 0.1) is 13.8 Å². The number of likely N-dealkylation sites (N-methyl/N-ethyl adjacent to an activating group) is 1. The number of hydrogen-bond donors (Lipinski definition) is 1. The summed E-state index contributed by atoms with van der Waals surface area (Å²) >= 11 is 3.42. The Morgan fingerprint density at radius 1 is 1.11 bits per heavy atom. The molecular formula is C22H26BrN3O2. The van der Waals surface area contributed by atoms with E-state index in [4.69, 9.17) is 0 Å². The van der Waals surface area contributed by atoms with Crippen molar-refractivity contribution in [1.82, 2.24) is 4.90 Å². The summed E-state index contributed by atoms with van der Waals surface area (Å²) in [5.74, 6) is -0.343. The Labute approximate surface area is 174 Å². The summed E-state index contributed by atoms with van der Waals surface area (Å²) in [6.07, 6.45) is 2.29. The zero-order valence-electron chi connectivity index (χ0n) is 16.6. The fourth-order valence-electron chi connectivity index (χ4n) is 3.50. The molecule has 148 valence electrons. The largest absolute Gasteiger partial charge is 0.371 e. The highest BCUT2D eigenvalue weighted by Gasteiger charge is 2.23. The summed E-state index contributed by atoms with van der Waals surface area (Å²) in [5, 5.41) is 2.89. The van der Waals surface area contributed by atoms with Crippen molar-refractivity contribution in [2.45, 2.75) is 26.7 Å². The van der Waals surface area contributed by atoms with Crippen LogP contribution in [0.3, 0.4) is 0 Å². The van der Waals surface area contributed by atoms with Crippen molar-refractivity contribution in [3.05, 3.63) is 57.6 Å². The number of benzene rings is 2. The number of nitrogens with one attached hydrogen (secondary N) is 1. The monoisotopic (exact) mass is 443 g/mol. The van der Waals surface area contributed by atoms with E-state index in [9.17, 15) is 9.59 Å².